The molecule has 1 aliphatic heterocycles. The van der Waals surface area contributed by atoms with Crippen LogP contribution in [0.5, 0.6) is 0 Å². The van der Waals surface area contributed by atoms with Crippen LogP contribution >= 0.6 is 0 Å². The molecule has 12 heavy (non-hydrogen) atoms. The smallest absolute Gasteiger partial charge is 0.242 e. The van der Waals surface area contributed by atoms with E-state index in [0.29, 0.717) is 19.4 Å². The molecule has 1 heterocycles. The fourth-order valence-electron chi connectivity index (χ4n) is 1.47. The number of hydrogen-bond donors (Lipinski definition) is 2. The van der Waals surface area contributed by atoms with Crippen molar-refractivity contribution < 1.29 is 4.79 Å². The zero-order valence-corrected chi connectivity index (χ0v) is 7.10. The Kier molecular flexibility index (Phi) is 2.65. The molecule has 66 valence electrons. The lowest BCUT2D eigenvalue weighted by Gasteiger charge is -2.20. The molecule has 0 atom stereocenters. The molecule has 0 aromatic heterocycles. The minimum atomic E-state index is -0.344. The highest BCUT2D eigenvalue weighted by molar-refractivity contribution is 5.84. The van der Waals surface area contributed by atoms with Gasteiger partial charge in [0.05, 0.1) is 5.41 Å². The molecule has 3 nitrogen and oxygen atoms in total. The first-order valence-corrected chi connectivity index (χ1v) is 4.00. The predicted molar refractivity (Wildman–Crippen MR) is 48.2 cm³/mol. The summed E-state index contributed by atoms with van der Waals surface area (Å²) in [5, 5.41) is 0. The minimum Gasteiger partial charge on any atom is -0.291 e. The van der Waals surface area contributed by atoms with Crippen LogP contribution in [-0.2, 0) is 4.79 Å². The van der Waals surface area contributed by atoms with Gasteiger partial charge >= 0.3 is 0 Å². The molecule has 0 aromatic rings. The van der Waals surface area contributed by atoms with E-state index in [9.17, 15) is 4.79 Å². The van der Waals surface area contributed by atoms with E-state index in [1.54, 1.807) is 12.2 Å². The first-order chi connectivity index (χ1) is 5.75. The van der Waals surface area contributed by atoms with Crippen LogP contribution in [-0.4, -0.2) is 12.5 Å². The van der Waals surface area contributed by atoms with Gasteiger partial charge in [0.15, 0.2) is 0 Å². The lowest BCUT2D eigenvalue weighted by molar-refractivity contribution is -0.127. The summed E-state index contributed by atoms with van der Waals surface area (Å²) in [5.74, 6) is 0.0438. The second kappa shape index (κ2) is 3.54. The molecule has 2 N–H and O–H groups in total. The third-order valence-electron chi connectivity index (χ3n) is 2.18. The monoisotopic (exact) mass is 166 g/mol. The molecule has 3 heteroatoms. The molecule has 0 saturated carbocycles. The third kappa shape index (κ3) is 1.41. The lowest BCUT2D eigenvalue weighted by atomic mass is 9.81. The maximum absolute atomic E-state index is 11.4. The minimum absolute atomic E-state index is 0.0438. The van der Waals surface area contributed by atoms with Gasteiger partial charge < -0.3 is 0 Å². The fraction of sp³-hybridized carbons (Fsp3) is 0.444. The molecule has 1 aliphatic rings. The number of amides is 1. The van der Waals surface area contributed by atoms with E-state index in [4.69, 9.17) is 0 Å². The Labute approximate surface area is 72.5 Å². The molecule has 0 aliphatic carbocycles. The van der Waals surface area contributed by atoms with E-state index in [2.05, 4.69) is 24.0 Å². The molecule has 1 fully saturated rings. The molecule has 1 amide bonds. The van der Waals surface area contributed by atoms with Crippen LogP contribution in [0.2, 0.25) is 0 Å². The summed E-state index contributed by atoms with van der Waals surface area (Å²) in [6, 6.07) is 0. The Bertz CT molecular complexity index is 201. The molecule has 0 aromatic carbocycles. The van der Waals surface area contributed by atoms with Crippen molar-refractivity contribution in [2.24, 2.45) is 5.41 Å². The van der Waals surface area contributed by atoms with Gasteiger partial charge in [0.2, 0.25) is 5.91 Å². The van der Waals surface area contributed by atoms with Crippen LogP contribution in [0.1, 0.15) is 12.8 Å². The van der Waals surface area contributed by atoms with Gasteiger partial charge in [-0.25, -0.2) is 5.43 Å². The predicted octanol–water partition coefficient (Wildman–Crippen LogP) is 0.759. The number of hydrogen-bond acceptors (Lipinski definition) is 2. The normalized spacial score (nSPS) is 20.2. The number of rotatable bonds is 4. The summed E-state index contributed by atoms with van der Waals surface area (Å²) < 4.78 is 0. The van der Waals surface area contributed by atoms with E-state index in [0.717, 1.165) is 0 Å². The molecule has 0 radical (unpaired) electrons. The van der Waals surface area contributed by atoms with Crippen molar-refractivity contribution in [3.05, 3.63) is 25.3 Å². The Balaban J connectivity index is 2.76. The largest absolute Gasteiger partial charge is 0.291 e. The second-order valence-corrected chi connectivity index (χ2v) is 3.07. The second-order valence-electron chi connectivity index (χ2n) is 3.07. The molecule has 1 rings (SSSR count). The highest BCUT2D eigenvalue weighted by Gasteiger charge is 2.39. The van der Waals surface area contributed by atoms with Gasteiger partial charge in [-0.05, 0) is 12.8 Å². The summed E-state index contributed by atoms with van der Waals surface area (Å²) in [6.07, 6.45) is 4.93. The van der Waals surface area contributed by atoms with Crippen molar-refractivity contribution in [2.45, 2.75) is 12.8 Å². The summed E-state index contributed by atoms with van der Waals surface area (Å²) in [6.45, 7) is 7.94. The van der Waals surface area contributed by atoms with E-state index in [1.807, 2.05) is 0 Å². The van der Waals surface area contributed by atoms with Gasteiger partial charge in [0, 0.05) is 6.54 Å². The first-order valence-electron chi connectivity index (χ1n) is 4.00. The van der Waals surface area contributed by atoms with Crippen LogP contribution < -0.4 is 10.9 Å². The number of hydrazine groups is 1. The summed E-state index contributed by atoms with van der Waals surface area (Å²) in [4.78, 5) is 11.4. The Morgan fingerprint density at radius 3 is 2.33 bits per heavy atom. The van der Waals surface area contributed by atoms with Gasteiger partial charge in [0.1, 0.15) is 0 Å². The van der Waals surface area contributed by atoms with Crippen molar-refractivity contribution in [2.75, 3.05) is 6.54 Å². The molecule has 0 bridgehead atoms. The Morgan fingerprint density at radius 2 is 2.00 bits per heavy atom. The summed E-state index contributed by atoms with van der Waals surface area (Å²) in [5.41, 5.74) is 5.09. The number of carbonyl (C=O) groups is 1. The summed E-state index contributed by atoms with van der Waals surface area (Å²) in [7, 11) is 0. The van der Waals surface area contributed by atoms with Crippen molar-refractivity contribution in [1.29, 1.82) is 0 Å². The average Bonchev–Trinajstić information content (AvgIpc) is 2.35. The van der Waals surface area contributed by atoms with Gasteiger partial charge in [-0.15, -0.1) is 13.2 Å². The van der Waals surface area contributed by atoms with E-state index < -0.39 is 0 Å². The van der Waals surface area contributed by atoms with Gasteiger partial charge in [0.25, 0.3) is 0 Å². The quantitative estimate of drug-likeness (QED) is 0.605. The first kappa shape index (κ1) is 9.00. The fourth-order valence-corrected chi connectivity index (χ4v) is 1.47. The standard InChI is InChI=1S/C9H14N2O/c1-3-5-9(6-4-2)7-10-11-8(9)12/h3-4,10H,1-2,5-7H2,(H,11,12). The maximum Gasteiger partial charge on any atom is 0.242 e. The average molecular weight is 166 g/mol. The number of allylic oxidation sites excluding steroid dienone is 2. The number of nitrogens with one attached hydrogen (secondary N) is 2. The van der Waals surface area contributed by atoms with E-state index in [1.165, 1.54) is 0 Å². The van der Waals surface area contributed by atoms with Crippen LogP contribution in [0.25, 0.3) is 0 Å². The molecule has 1 saturated heterocycles. The highest BCUT2D eigenvalue weighted by atomic mass is 16.2. The van der Waals surface area contributed by atoms with Crippen molar-refractivity contribution in [3.8, 4) is 0 Å². The topological polar surface area (TPSA) is 41.1 Å². The van der Waals surface area contributed by atoms with Crippen molar-refractivity contribution in [3.63, 3.8) is 0 Å². The zero-order chi connectivity index (χ0) is 9.03. The zero-order valence-electron chi connectivity index (χ0n) is 7.10. The van der Waals surface area contributed by atoms with Crippen LogP contribution in [0, 0.1) is 5.41 Å². The van der Waals surface area contributed by atoms with E-state index in [-0.39, 0.29) is 11.3 Å². The molecule has 0 spiro atoms. The van der Waals surface area contributed by atoms with Gasteiger partial charge in [-0.1, -0.05) is 12.2 Å². The summed E-state index contributed by atoms with van der Waals surface area (Å²) >= 11 is 0. The van der Waals surface area contributed by atoms with Crippen molar-refractivity contribution >= 4 is 5.91 Å². The Hall–Kier alpha value is -1.09. The molecular weight excluding hydrogens is 152 g/mol. The highest BCUT2D eigenvalue weighted by Crippen LogP contribution is 2.29. The number of carbonyl (C=O) groups excluding carboxylic acids is 1. The molecular formula is C9H14N2O. The van der Waals surface area contributed by atoms with Crippen LogP contribution in [0.4, 0.5) is 0 Å². The van der Waals surface area contributed by atoms with Crippen molar-refractivity contribution in [1.82, 2.24) is 10.9 Å². The van der Waals surface area contributed by atoms with Crippen LogP contribution in [0.3, 0.4) is 0 Å². The molecule has 0 unspecified atom stereocenters. The Morgan fingerprint density at radius 1 is 1.42 bits per heavy atom. The van der Waals surface area contributed by atoms with Gasteiger partial charge in [-0.3, -0.25) is 10.2 Å². The maximum atomic E-state index is 11.4. The van der Waals surface area contributed by atoms with Gasteiger partial charge in [-0.2, -0.15) is 0 Å². The lowest BCUT2D eigenvalue weighted by Crippen LogP contribution is -2.32. The van der Waals surface area contributed by atoms with Crippen LogP contribution in [0.15, 0.2) is 25.3 Å². The third-order valence-corrected chi connectivity index (χ3v) is 2.18. The van der Waals surface area contributed by atoms with E-state index >= 15 is 0 Å². The SMILES string of the molecule is C=CCC1(CC=C)CNNC1=O.